The van der Waals surface area contributed by atoms with Gasteiger partial charge in [-0.3, -0.25) is 9.69 Å². The van der Waals surface area contributed by atoms with E-state index in [1.165, 1.54) is 6.07 Å². The molecule has 2 atom stereocenters. The molecule has 2 unspecified atom stereocenters. The molecule has 0 heterocycles. The predicted octanol–water partition coefficient (Wildman–Crippen LogP) is 2.16. The molecule has 1 aromatic rings. The molecule has 5 heteroatoms. The molecule has 2 rings (SSSR count). The van der Waals surface area contributed by atoms with E-state index in [9.17, 15) is 14.3 Å². The highest BCUT2D eigenvalue weighted by Gasteiger charge is 2.32. The first kappa shape index (κ1) is 15.9. The van der Waals surface area contributed by atoms with Crippen LogP contribution in [0, 0.1) is 18.7 Å². The fourth-order valence-electron chi connectivity index (χ4n) is 2.24. The monoisotopic (exact) mass is 294 g/mol. The van der Waals surface area contributed by atoms with Gasteiger partial charge in [0.2, 0.25) is 5.91 Å². The number of anilines is 1. The number of carbonyl (C=O) groups excluding carboxylic acids is 1. The van der Waals surface area contributed by atoms with Crippen molar-refractivity contribution in [1.29, 1.82) is 0 Å². The molecule has 2 N–H and O–H groups in total. The van der Waals surface area contributed by atoms with Gasteiger partial charge in [0.15, 0.2) is 0 Å². The quantitative estimate of drug-likeness (QED) is 0.845. The molecule has 116 valence electrons. The van der Waals surface area contributed by atoms with Gasteiger partial charge in [-0.1, -0.05) is 6.07 Å². The van der Waals surface area contributed by atoms with Crippen LogP contribution in [-0.4, -0.2) is 41.7 Å². The summed E-state index contributed by atoms with van der Waals surface area (Å²) in [5.74, 6) is -0.336. The lowest BCUT2D eigenvalue weighted by Crippen LogP contribution is -2.43. The van der Waals surface area contributed by atoms with Gasteiger partial charge >= 0.3 is 0 Å². The molecule has 0 bridgehead atoms. The minimum Gasteiger partial charge on any atom is -0.392 e. The van der Waals surface area contributed by atoms with E-state index in [-0.39, 0.29) is 17.7 Å². The number of amides is 1. The Morgan fingerprint density at radius 3 is 2.76 bits per heavy atom. The van der Waals surface area contributed by atoms with Crippen molar-refractivity contribution in [3.8, 4) is 0 Å². The van der Waals surface area contributed by atoms with Crippen LogP contribution in [0.4, 0.5) is 10.1 Å². The Balaban J connectivity index is 1.91. The molecule has 1 aliphatic rings. The number of nitrogens with zero attached hydrogens (tertiary/aromatic N) is 1. The second kappa shape index (κ2) is 6.54. The minimum absolute atomic E-state index is 0.189. The van der Waals surface area contributed by atoms with Crippen molar-refractivity contribution in [3.05, 3.63) is 29.6 Å². The van der Waals surface area contributed by atoms with E-state index >= 15 is 0 Å². The molecule has 1 saturated carbocycles. The van der Waals surface area contributed by atoms with Crippen molar-refractivity contribution in [3.63, 3.8) is 0 Å². The topological polar surface area (TPSA) is 52.6 Å². The zero-order valence-electron chi connectivity index (χ0n) is 12.8. The molecule has 4 nitrogen and oxygen atoms in total. The van der Waals surface area contributed by atoms with Gasteiger partial charge in [-0.25, -0.2) is 4.39 Å². The van der Waals surface area contributed by atoms with Crippen molar-refractivity contribution in [2.75, 3.05) is 18.9 Å². The molecule has 1 aliphatic carbocycles. The second-order valence-electron chi connectivity index (χ2n) is 5.99. The van der Waals surface area contributed by atoms with Crippen molar-refractivity contribution in [1.82, 2.24) is 4.90 Å². The lowest BCUT2D eigenvalue weighted by Gasteiger charge is -2.26. The summed E-state index contributed by atoms with van der Waals surface area (Å²) in [7, 11) is 1.79. The van der Waals surface area contributed by atoms with E-state index in [4.69, 9.17) is 0 Å². The van der Waals surface area contributed by atoms with E-state index in [0.29, 0.717) is 12.5 Å². The van der Waals surface area contributed by atoms with Gasteiger partial charge in [0.05, 0.1) is 17.8 Å². The molecule has 21 heavy (non-hydrogen) atoms. The second-order valence-corrected chi connectivity index (χ2v) is 5.99. The Labute approximate surface area is 125 Å². The van der Waals surface area contributed by atoms with E-state index in [2.05, 4.69) is 5.32 Å². The van der Waals surface area contributed by atoms with Gasteiger partial charge < -0.3 is 10.4 Å². The third-order valence-electron chi connectivity index (χ3n) is 4.06. The first-order valence-corrected chi connectivity index (χ1v) is 7.34. The number of nitrogens with one attached hydrogen (secondary N) is 1. The molecular weight excluding hydrogens is 271 g/mol. The van der Waals surface area contributed by atoms with Gasteiger partial charge in [-0.15, -0.1) is 0 Å². The van der Waals surface area contributed by atoms with Crippen LogP contribution in [0.15, 0.2) is 18.2 Å². The van der Waals surface area contributed by atoms with Crippen LogP contribution in [0.1, 0.15) is 25.3 Å². The number of halogens is 1. The molecule has 0 aromatic heterocycles. The van der Waals surface area contributed by atoms with E-state index < -0.39 is 11.9 Å². The zero-order valence-corrected chi connectivity index (χ0v) is 12.8. The van der Waals surface area contributed by atoms with Crippen LogP contribution in [0.2, 0.25) is 0 Å². The highest BCUT2D eigenvalue weighted by molar-refractivity contribution is 5.94. The summed E-state index contributed by atoms with van der Waals surface area (Å²) in [6, 6.07) is 4.28. The van der Waals surface area contributed by atoms with Crippen molar-refractivity contribution >= 4 is 11.6 Å². The normalized spacial score (nSPS) is 17.6. The van der Waals surface area contributed by atoms with Crippen LogP contribution in [-0.2, 0) is 4.79 Å². The molecule has 0 saturated heterocycles. The Morgan fingerprint density at radius 2 is 2.19 bits per heavy atom. The first-order valence-electron chi connectivity index (χ1n) is 7.34. The molecule has 0 spiro atoms. The number of hydrogen-bond acceptors (Lipinski definition) is 3. The number of aliphatic hydroxyl groups is 1. The van der Waals surface area contributed by atoms with Gasteiger partial charge in [0, 0.05) is 6.54 Å². The summed E-state index contributed by atoms with van der Waals surface area (Å²) >= 11 is 0. The summed E-state index contributed by atoms with van der Waals surface area (Å²) in [6.07, 6.45) is 1.73. The van der Waals surface area contributed by atoms with Crippen molar-refractivity contribution in [2.45, 2.75) is 38.8 Å². The molecule has 1 amide bonds. The maximum absolute atomic E-state index is 13.7. The van der Waals surface area contributed by atoms with Crippen molar-refractivity contribution in [2.24, 2.45) is 5.92 Å². The zero-order chi connectivity index (χ0) is 15.6. The molecular formula is C16H23FN2O2. The third kappa shape index (κ3) is 4.25. The largest absolute Gasteiger partial charge is 0.392 e. The lowest BCUT2D eigenvalue weighted by atomic mass is 10.1. The fraction of sp³-hybridized carbons (Fsp3) is 0.562. The number of likely N-dealkylation sites (N-methyl/N-ethyl adjacent to an activating group) is 1. The third-order valence-corrected chi connectivity index (χ3v) is 4.06. The van der Waals surface area contributed by atoms with Gasteiger partial charge in [-0.2, -0.15) is 0 Å². The number of aliphatic hydroxyl groups excluding tert-OH is 1. The number of carbonyl (C=O) groups is 1. The van der Waals surface area contributed by atoms with Crippen LogP contribution in [0.3, 0.4) is 0 Å². The highest BCUT2D eigenvalue weighted by Crippen LogP contribution is 2.32. The number of aryl methyl sites for hydroxylation is 1. The van der Waals surface area contributed by atoms with Gasteiger partial charge in [0.25, 0.3) is 0 Å². The van der Waals surface area contributed by atoms with Crippen LogP contribution >= 0.6 is 0 Å². The number of rotatable bonds is 6. The Bertz CT molecular complexity index is 517. The Hall–Kier alpha value is -1.46. The molecule has 1 fully saturated rings. The Morgan fingerprint density at radius 1 is 1.52 bits per heavy atom. The van der Waals surface area contributed by atoms with Gasteiger partial charge in [-0.05, 0) is 57.4 Å². The summed E-state index contributed by atoms with van der Waals surface area (Å²) in [4.78, 5) is 14.0. The standard InChI is InChI=1S/C16H23FN2O2/c1-10-4-7-14(13(17)8-10)18-16(21)11(2)19(3)9-15(20)12-5-6-12/h4,7-8,11-12,15,20H,5-6,9H2,1-3H3,(H,18,21). The Kier molecular flexibility index (Phi) is 4.96. The van der Waals surface area contributed by atoms with Gasteiger partial charge in [0.1, 0.15) is 5.82 Å². The van der Waals surface area contributed by atoms with E-state index in [1.54, 1.807) is 37.9 Å². The SMILES string of the molecule is Cc1ccc(NC(=O)C(C)N(C)CC(O)C2CC2)c(F)c1. The average molecular weight is 294 g/mol. The predicted molar refractivity (Wildman–Crippen MR) is 80.6 cm³/mol. The van der Waals surface area contributed by atoms with E-state index in [0.717, 1.165) is 18.4 Å². The van der Waals surface area contributed by atoms with Crippen molar-refractivity contribution < 1.29 is 14.3 Å². The summed E-state index contributed by atoms with van der Waals surface area (Å²) in [5.41, 5.74) is 0.997. The highest BCUT2D eigenvalue weighted by atomic mass is 19.1. The molecule has 0 aliphatic heterocycles. The fourth-order valence-corrected chi connectivity index (χ4v) is 2.24. The first-order chi connectivity index (χ1) is 9.88. The van der Waals surface area contributed by atoms with Crippen LogP contribution < -0.4 is 5.32 Å². The minimum atomic E-state index is -0.434. The summed E-state index contributed by atoms with van der Waals surface area (Å²) in [6.45, 7) is 4.00. The summed E-state index contributed by atoms with van der Waals surface area (Å²) < 4.78 is 13.7. The maximum Gasteiger partial charge on any atom is 0.241 e. The van der Waals surface area contributed by atoms with Crippen LogP contribution in [0.25, 0.3) is 0 Å². The van der Waals surface area contributed by atoms with Crippen LogP contribution in [0.5, 0.6) is 0 Å². The molecule has 1 aromatic carbocycles. The number of benzene rings is 1. The smallest absolute Gasteiger partial charge is 0.241 e. The average Bonchev–Trinajstić information content (AvgIpc) is 3.25. The number of hydrogen-bond donors (Lipinski definition) is 2. The maximum atomic E-state index is 13.7. The molecule has 0 radical (unpaired) electrons. The lowest BCUT2D eigenvalue weighted by molar-refractivity contribution is -0.120. The summed E-state index contributed by atoms with van der Waals surface area (Å²) in [5, 5.41) is 12.5. The van der Waals surface area contributed by atoms with E-state index in [1.807, 2.05) is 0 Å².